The van der Waals surface area contributed by atoms with E-state index in [2.05, 4.69) is 15.4 Å². The maximum absolute atomic E-state index is 11.9. The summed E-state index contributed by atoms with van der Waals surface area (Å²) in [5.74, 6) is 0.453. The molecule has 0 aromatic carbocycles. The van der Waals surface area contributed by atoms with E-state index >= 15 is 0 Å². The highest BCUT2D eigenvalue weighted by atomic mass is 32.1. The second kappa shape index (κ2) is 4.42. The summed E-state index contributed by atoms with van der Waals surface area (Å²) in [6.45, 7) is 0.239. The second-order valence-corrected chi connectivity index (χ2v) is 3.85. The summed E-state index contributed by atoms with van der Waals surface area (Å²) in [5, 5.41) is 11.5. The lowest BCUT2D eigenvalue weighted by molar-refractivity contribution is 0.624. The molecule has 0 bridgehead atoms. The Morgan fingerprint density at radius 1 is 1.59 bits per heavy atom. The van der Waals surface area contributed by atoms with E-state index in [4.69, 9.17) is 18.0 Å². The fraction of sp³-hybridized carbons (Fsp3) is 0.222. The highest BCUT2D eigenvalue weighted by Crippen LogP contribution is 1.95. The smallest absolute Gasteiger partial charge is 0.261 e. The number of hydrogen-bond donors (Lipinski definition) is 1. The minimum atomic E-state index is -0.257. The molecule has 7 nitrogen and oxygen atoms in total. The van der Waals surface area contributed by atoms with Crippen LogP contribution in [0.3, 0.4) is 0 Å². The van der Waals surface area contributed by atoms with Crippen LogP contribution in [-0.2, 0) is 13.6 Å². The van der Waals surface area contributed by atoms with Crippen LogP contribution in [0.25, 0.3) is 0 Å². The summed E-state index contributed by atoms with van der Waals surface area (Å²) in [6.07, 6.45) is 1.63. The number of pyridine rings is 1. The Labute approximate surface area is 102 Å². The van der Waals surface area contributed by atoms with Crippen LogP contribution in [0.2, 0.25) is 0 Å². The third-order valence-corrected chi connectivity index (χ3v) is 2.37. The maximum Gasteiger partial charge on any atom is 0.261 e. The molecule has 2 N–H and O–H groups in total. The number of hydrogen-bond acceptors (Lipinski definition) is 5. The van der Waals surface area contributed by atoms with E-state index in [1.54, 1.807) is 25.4 Å². The predicted octanol–water partition coefficient (Wildman–Crippen LogP) is -0.946. The van der Waals surface area contributed by atoms with Crippen LogP contribution in [0.4, 0.5) is 0 Å². The molecule has 8 heteroatoms. The lowest BCUT2D eigenvalue weighted by atomic mass is 10.3. The molecule has 88 valence electrons. The van der Waals surface area contributed by atoms with Gasteiger partial charge in [-0.1, -0.05) is 12.2 Å². The molecule has 0 saturated heterocycles. The van der Waals surface area contributed by atoms with Crippen LogP contribution in [0.1, 0.15) is 11.4 Å². The van der Waals surface area contributed by atoms with Gasteiger partial charge in [0.2, 0.25) is 0 Å². The summed E-state index contributed by atoms with van der Waals surface area (Å²) in [4.78, 5) is 13.3. The number of thiocarbonyl (C=S) groups is 1. The molecule has 0 spiro atoms. The van der Waals surface area contributed by atoms with Gasteiger partial charge >= 0.3 is 0 Å². The molecular weight excluding hydrogens is 240 g/mol. The van der Waals surface area contributed by atoms with Gasteiger partial charge in [-0.15, -0.1) is 10.2 Å². The lowest BCUT2D eigenvalue weighted by Gasteiger charge is -2.04. The van der Waals surface area contributed by atoms with Crippen molar-refractivity contribution in [3.63, 3.8) is 0 Å². The Bertz CT molecular complexity index is 616. The monoisotopic (exact) mass is 250 g/mol. The molecule has 17 heavy (non-hydrogen) atoms. The highest BCUT2D eigenvalue weighted by Gasteiger charge is 2.08. The van der Waals surface area contributed by atoms with Gasteiger partial charge in [0.1, 0.15) is 4.99 Å². The molecular formula is C9H10N6OS. The van der Waals surface area contributed by atoms with Crippen molar-refractivity contribution in [2.45, 2.75) is 6.54 Å². The molecule has 0 atom stereocenters. The number of rotatable bonds is 3. The fourth-order valence-corrected chi connectivity index (χ4v) is 1.54. The molecule has 2 rings (SSSR count). The van der Waals surface area contributed by atoms with E-state index in [-0.39, 0.29) is 17.1 Å². The third kappa shape index (κ3) is 2.36. The zero-order valence-corrected chi connectivity index (χ0v) is 9.89. The largest absolute Gasteiger partial charge is 0.389 e. The van der Waals surface area contributed by atoms with Crippen molar-refractivity contribution in [2.75, 3.05) is 0 Å². The van der Waals surface area contributed by atoms with Crippen molar-refractivity contribution in [3.05, 3.63) is 40.1 Å². The van der Waals surface area contributed by atoms with Gasteiger partial charge in [-0.2, -0.15) is 4.80 Å². The molecule has 0 radical (unpaired) electrons. The van der Waals surface area contributed by atoms with Gasteiger partial charge in [0, 0.05) is 6.20 Å². The first-order valence-electron chi connectivity index (χ1n) is 4.80. The second-order valence-electron chi connectivity index (χ2n) is 3.41. The van der Waals surface area contributed by atoms with Crippen molar-refractivity contribution >= 4 is 17.2 Å². The van der Waals surface area contributed by atoms with E-state index in [1.165, 1.54) is 9.36 Å². The molecule has 0 fully saturated rings. The molecule has 0 aliphatic heterocycles. The summed E-state index contributed by atoms with van der Waals surface area (Å²) in [7, 11) is 1.66. The standard InChI is InChI=1S/C9H10N6OS/c1-14-12-7(11-13-14)5-15-4-2-3-6(8(10)17)9(15)16/h2-4H,5H2,1H3,(H2,10,17). The van der Waals surface area contributed by atoms with E-state index in [1.807, 2.05) is 0 Å². The van der Waals surface area contributed by atoms with Crippen LogP contribution < -0.4 is 11.3 Å². The van der Waals surface area contributed by atoms with Crippen molar-refractivity contribution in [2.24, 2.45) is 12.8 Å². The number of tetrazole rings is 1. The lowest BCUT2D eigenvalue weighted by Crippen LogP contribution is -2.29. The van der Waals surface area contributed by atoms with Gasteiger partial charge in [0.15, 0.2) is 5.82 Å². The molecule has 0 saturated carbocycles. The normalized spacial score (nSPS) is 10.4. The summed E-state index contributed by atoms with van der Waals surface area (Å²) >= 11 is 4.79. The molecule has 2 heterocycles. The van der Waals surface area contributed by atoms with Crippen molar-refractivity contribution in [1.29, 1.82) is 0 Å². The van der Waals surface area contributed by atoms with Gasteiger partial charge in [-0.25, -0.2) is 0 Å². The zero-order chi connectivity index (χ0) is 12.4. The fourth-order valence-electron chi connectivity index (χ4n) is 1.39. The SMILES string of the molecule is Cn1nnc(Cn2cccc(C(N)=S)c2=O)n1. The highest BCUT2D eigenvalue weighted by molar-refractivity contribution is 7.80. The third-order valence-electron chi connectivity index (χ3n) is 2.15. The topological polar surface area (TPSA) is 91.6 Å². The molecule has 0 unspecified atom stereocenters. The number of nitrogens with two attached hydrogens (primary N) is 1. The van der Waals surface area contributed by atoms with Gasteiger partial charge in [-0.05, 0) is 17.3 Å². The Morgan fingerprint density at radius 3 is 2.94 bits per heavy atom. The molecule has 0 aliphatic rings. The van der Waals surface area contributed by atoms with Gasteiger partial charge in [0.05, 0.1) is 19.2 Å². The average molecular weight is 250 g/mol. The van der Waals surface area contributed by atoms with Gasteiger partial charge < -0.3 is 10.3 Å². The van der Waals surface area contributed by atoms with Gasteiger partial charge in [-0.3, -0.25) is 4.79 Å². The van der Waals surface area contributed by atoms with Crippen LogP contribution in [0.15, 0.2) is 23.1 Å². The molecule has 2 aromatic rings. The minimum absolute atomic E-state index is 0.0801. The molecule has 0 aliphatic carbocycles. The first kappa shape index (κ1) is 11.4. The predicted molar refractivity (Wildman–Crippen MR) is 64.5 cm³/mol. The van der Waals surface area contributed by atoms with Crippen molar-refractivity contribution in [3.8, 4) is 0 Å². The summed E-state index contributed by atoms with van der Waals surface area (Å²) in [5.41, 5.74) is 5.51. The average Bonchev–Trinajstić information content (AvgIpc) is 2.67. The van der Waals surface area contributed by atoms with E-state index in [9.17, 15) is 4.79 Å². The van der Waals surface area contributed by atoms with E-state index in [0.29, 0.717) is 11.4 Å². The number of aromatic nitrogens is 5. The Kier molecular flexibility index (Phi) is 2.96. The Morgan fingerprint density at radius 2 is 2.35 bits per heavy atom. The van der Waals surface area contributed by atoms with Crippen molar-refractivity contribution in [1.82, 2.24) is 24.8 Å². The van der Waals surface area contributed by atoms with Crippen LogP contribution in [-0.4, -0.2) is 29.8 Å². The first-order chi connectivity index (χ1) is 8.08. The summed E-state index contributed by atoms with van der Waals surface area (Å²) in [6, 6.07) is 3.29. The number of aryl methyl sites for hydroxylation is 1. The first-order valence-corrected chi connectivity index (χ1v) is 5.21. The van der Waals surface area contributed by atoms with E-state index < -0.39 is 0 Å². The Balaban J connectivity index is 2.37. The molecule has 2 aromatic heterocycles. The van der Waals surface area contributed by atoms with Crippen LogP contribution >= 0.6 is 12.2 Å². The summed E-state index contributed by atoms with van der Waals surface area (Å²) < 4.78 is 1.44. The van der Waals surface area contributed by atoms with Crippen LogP contribution in [0.5, 0.6) is 0 Å². The minimum Gasteiger partial charge on any atom is -0.389 e. The van der Waals surface area contributed by atoms with Crippen molar-refractivity contribution < 1.29 is 0 Å². The quantitative estimate of drug-likeness (QED) is 0.706. The van der Waals surface area contributed by atoms with E-state index in [0.717, 1.165) is 0 Å². The van der Waals surface area contributed by atoms with Crippen LogP contribution in [0, 0.1) is 0 Å². The molecule has 0 amide bonds. The number of nitrogens with zero attached hydrogens (tertiary/aromatic N) is 5. The Hall–Kier alpha value is -2.09. The van der Waals surface area contributed by atoms with Gasteiger partial charge in [0.25, 0.3) is 5.56 Å². The zero-order valence-electron chi connectivity index (χ0n) is 9.07. The maximum atomic E-state index is 11.9.